The third-order valence-corrected chi connectivity index (χ3v) is 3.06. The van der Waals surface area contributed by atoms with Crippen LogP contribution in [0.25, 0.3) is 0 Å². The van der Waals surface area contributed by atoms with E-state index in [0.717, 1.165) is 0 Å². The number of carboxylic acids is 1. The zero-order valence-electron chi connectivity index (χ0n) is 4.90. The highest BCUT2D eigenvalue weighted by Crippen LogP contribution is 2.15. The molecule has 1 heterocycles. The van der Waals surface area contributed by atoms with Crippen LogP contribution in [0, 0.1) is 0 Å². The summed E-state index contributed by atoms with van der Waals surface area (Å²) in [7, 11) is -0.713. The summed E-state index contributed by atoms with van der Waals surface area (Å²) in [6.45, 7) is 0. The van der Waals surface area contributed by atoms with Crippen LogP contribution in [0.1, 0.15) is 0 Å². The molecule has 3 nitrogen and oxygen atoms in total. The molecule has 0 aromatic heterocycles. The van der Waals surface area contributed by atoms with Crippen LogP contribution in [0.4, 0.5) is 0 Å². The van der Waals surface area contributed by atoms with Gasteiger partial charge in [0.05, 0.1) is 5.70 Å². The van der Waals surface area contributed by atoms with Crippen LogP contribution in [-0.4, -0.2) is 11.1 Å². The second-order valence-electron chi connectivity index (χ2n) is 1.69. The van der Waals surface area contributed by atoms with Crippen LogP contribution >= 0.6 is 0 Å². The minimum atomic E-state index is -1.01. The highest BCUT2D eigenvalue weighted by Gasteiger charge is 2.17. The lowest BCUT2D eigenvalue weighted by Gasteiger charge is -1.95. The first-order chi connectivity index (χ1) is 4.63. The Hall–Kier alpha value is -0.680. The molecule has 1 atom stereocenters. The Morgan fingerprint density at radius 3 is 2.60 bits per heavy atom. The van der Waals surface area contributed by atoms with E-state index in [0.29, 0.717) is 0 Å². The lowest BCUT2D eigenvalue weighted by atomic mass is 10.4. The smallest absolute Gasteiger partial charge is 0.344 e. The predicted molar refractivity (Wildman–Crippen MR) is 42.7 cm³/mol. The Morgan fingerprint density at radius 2 is 2.40 bits per heavy atom. The van der Waals surface area contributed by atoms with Gasteiger partial charge in [0.2, 0.25) is 0 Å². The Labute approximate surface area is 64.8 Å². The topological polar surface area (TPSA) is 63.3 Å². The fourth-order valence-corrected chi connectivity index (χ4v) is 2.15. The van der Waals surface area contributed by atoms with Crippen molar-refractivity contribution in [1.29, 1.82) is 0 Å². The fraction of sp³-hybridized carbons (Fsp3) is 0. The van der Waals surface area contributed by atoms with Gasteiger partial charge in [-0.1, -0.05) is 9.45 Å². The van der Waals surface area contributed by atoms with E-state index in [4.69, 9.17) is 22.0 Å². The van der Waals surface area contributed by atoms with Gasteiger partial charge >= 0.3 is 5.97 Å². The van der Waals surface area contributed by atoms with E-state index in [-0.39, 0.29) is 10.6 Å². The molecular weight excluding hydrogens is 170 g/mol. The summed E-state index contributed by atoms with van der Waals surface area (Å²) >= 11 is 4.80. The molecule has 0 saturated heterocycles. The minimum Gasteiger partial charge on any atom is -0.477 e. The Kier molecular flexibility index (Phi) is 1.87. The predicted octanol–water partition coefficient (Wildman–Crippen LogP) is -0.151. The number of rotatable bonds is 1. The van der Waals surface area contributed by atoms with Crippen molar-refractivity contribution >= 4 is 26.6 Å². The average Bonchev–Trinajstić information content (AvgIpc) is 2.11. The zero-order valence-corrected chi connectivity index (χ0v) is 6.54. The number of carbonyl (C=O) groups is 1. The molecule has 0 fully saturated rings. The summed E-state index contributed by atoms with van der Waals surface area (Å²) < 4.78 is 0. The van der Waals surface area contributed by atoms with E-state index >= 15 is 0 Å². The first-order valence-electron chi connectivity index (χ1n) is 2.44. The van der Waals surface area contributed by atoms with Crippen molar-refractivity contribution < 1.29 is 9.90 Å². The standard InChI is InChI=1S/C5H5NO2S2/c6-3-1-2-10(9)4(3)5(7)8/h1-2H,6H2,(H,7,8). The van der Waals surface area contributed by atoms with E-state index in [2.05, 4.69) is 0 Å². The maximum absolute atomic E-state index is 10.4. The molecule has 1 unspecified atom stereocenters. The quantitative estimate of drug-likeness (QED) is 0.581. The van der Waals surface area contributed by atoms with Gasteiger partial charge < -0.3 is 10.8 Å². The van der Waals surface area contributed by atoms with Crippen LogP contribution in [0.5, 0.6) is 0 Å². The summed E-state index contributed by atoms with van der Waals surface area (Å²) in [6, 6.07) is 0. The molecule has 1 aliphatic heterocycles. The van der Waals surface area contributed by atoms with Gasteiger partial charge in [0.15, 0.2) is 0 Å². The molecule has 0 aromatic carbocycles. The molecule has 0 radical (unpaired) electrons. The Bertz CT molecular complexity index is 267. The summed E-state index contributed by atoms with van der Waals surface area (Å²) in [5.74, 6) is -1.01. The molecule has 0 aliphatic carbocycles. The fourth-order valence-electron chi connectivity index (χ4n) is 0.605. The SMILES string of the molecule is NC1=C(C(=O)O)S(=S)C=C1. The first-order valence-corrected chi connectivity index (χ1v) is 4.66. The molecule has 54 valence electrons. The largest absolute Gasteiger partial charge is 0.477 e. The molecule has 10 heavy (non-hydrogen) atoms. The van der Waals surface area contributed by atoms with Crippen LogP contribution in [0.15, 0.2) is 22.1 Å². The van der Waals surface area contributed by atoms with Crippen LogP contribution < -0.4 is 5.73 Å². The van der Waals surface area contributed by atoms with Crippen molar-refractivity contribution in [1.82, 2.24) is 0 Å². The van der Waals surface area contributed by atoms with Crippen molar-refractivity contribution in [3.05, 3.63) is 22.1 Å². The van der Waals surface area contributed by atoms with Gasteiger partial charge in [0.1, 0.15) is 4.91 Å². The van der Waals surface area contributed by atoms with Crippen molar-refractivity contribution in [2.24, 2.45) is 5.73 Å². The third-order valence-electron chi connectivity index (χ3n) is 1.03. The maximum Gasteiger partial charge on any atom is 0.344 e. The van der Waals surface area contributed by atoms with E-state index < -0.39 is 15.4 Å². The summed E-state index contributed by atoms with van der Waals surface area (Å²) in [6.07, 6.45) is 1.54. The molecule has 3 N–H and O–H groups in total. The highest BCUT2D eigenvalue weighted by molar-refractivity contribution is 8.33. The minimum absolute atomic E-state index is 0.148. The Morgan fingerprint density at radius 1 is 1.80 bits per heavy atom. The average molecular weight is 175 g/mol. The van der Waals surface area contributed by atoms with Crippen molar-refractivity contribution in [2.45, 2.75) is 0 Å². The highest BCUT2D eigenvalue weighted by atomic mass is 32.8. The second kappa shape index (κ2) is 2.51. The molecule has 0 aromatic rings. The number of hydrogen-bond acceptors (Lipinski definition) is 3. The van der Waals surface area contributed by atoms with Gasteiger partial charge in [-0.15, -0.1) is 0 Å². The van der Waals surface area contributed by atoms with Crippen molar-refractivity contribution in [2.75, 3.05) is 0 Å². The molecule has 0 bridgehead atoms. The lowest BCUT2D eigenvalue weighted by Crippen LogP contribution is -2.07. The van der Waals surface area contributed by atoms with Crippen LogP contribution in [0.2, 0.25) is 0 Å². The van der Waals surface area contributed by atoms with Gasteiger partial charge in [-0.05, 0) is 22.7 Å². The molecule has 0 spiro atoms. The van der Waals surface area contributed by atoms with Gasteiger partial charge in [-0.25, -0.2) is 4.79 Å². The molecule has 5 heteroatoms. The molecule has 0 amide bonds. The number of aliphatic carboxylic acids is 1. The van der Waals surface area contributed by atoms with E-state index in [1.165, 1.54) is 0 Å². The second-order valence-corrected chi connectivity index (χ2v) is 4.04. The molecule has 1 rings (SSSR count). The molecule has 1 aliphatic rings. The molecule has 0 saturated carbocycles. The first kappa shape index (κ1) is 7.43. The maximum atomic E-state index is 10.4. The van der Waals surface area contributed by atoms with Crippen LogP contribution in [0.3, 0.4) is 0 Å². The Balaban J connectivity index is 3.08. The van der Waals surface area contributed by atoms with Gasteiger partial charge in [0, 0.05) is 0 Å². The van der Waals surface area contributed by atoms with Crippen molar-refractivity contribution in [3.63, 3.8) is 0 Å². The van der Waals surface area contributed by atoms with E-state index in [1.54, 1.807) is 11.5 Å². The lowest BCUT2D eigenvalue weighted by molar-refractivity contribution is -0.131. The summed E-state index contributed by atoms with van der Waals surface area (Å²) in [5, 5.41) is 10.1. The van der Waals surface area contributed by atoms with E-state index in [1.807, 2.05) is 0 Å². The van der Waals surface area contributed by atoms with Crippen molar-refractivity contribution in [3.8, 4) is 0 Å². The van der Waals surface area contributed by atoms with Gasteiger partial charge in [0.25, 0.3) is 0 Å². The summed E-state index contributed by atoms with van der Waals surface area (Å²) in [4.78, 5) is 10.5. The third kappa shape index (κ3) is 1.10. The number of nitrogens with two attached hydrogens (primary N) is 1. The number of hydrogen-bond donors (Lipinski definition) is 2. The van der Waals surface area contributed by atoms with Gasteiger partial charge in [-0.3, -0.25) is 0 Å². The number of allylic oxidation sites excluding steroid dienone is 1. The van der Waals surface area contributed by atoms with Gasteiger partial charge in [-0.2, -0.15) is 0 Å². The number of carboxylic acid groups (broad SMARTS) is 1. The monoisotopic (exact) mass is 175 g/mol. The summed E-state index contributed by atoms with van der Waals surface area (Å²) in [5.41, 5.74) is 5.61. The zero-order chi connectivity index (χ0) is 7.72. The van der Waals surface area contributed by atoms with E-state index in [9.17, 15) is 4.79 Å². The van der Waals surface area contributed by atoms with Crippen LogP contribution in [-0.2, 0) is 25.4 Å². The normalized spacial score (nSPS) is 23.8. The molecular formula is C5H5NO2S2.